The third-order valence-electron chi connectivity index (χ3n) is 3.23. The molecule has 2 nitrogen and oxygen atoms in total. The van der Waals surface area contributed by atoms with Crippen molar-refractivity contribution < 1.29 is 4.74 Å². The van der Waals surface area contributed by atoms with E-state index in [0.29, 0.717) is 22.4 Å². The molecule has 0 radical (unpaired) electrons. The number of hydrogen-bond acceptors (Lipinski definition) is 2. The van der Waals surface area contributed by atoms with Crippen LogP contribution < -0.4 is 4.74 Å². The Morgan fingerprint density at radius 3 is 2.67 bits per heavy atom. The van der Waals surface area contributed by atoms with Gasteiger partial charge in [-0.25, -0.2) is 4.98 Å². The minimum absolute atomic E-state index is 0.340. The standard InChI is InChI=1S/C17H13Cl2NO/c1-11-8-9-12-4-3-7-15(16(12)20-11)21-17-13(10-18)5-2-6-14(17)19/h2-9H,10H2,1H3. The van der Waals surface area contributed by atoms with E-state index in [1.807, 2.05) is 49.4 Å². The highest BCUT2D eigenvalue weighted by molar-refractivity contribution is 6.32. The first kappa shape index (κ1) is 14.2. The second-order valence-electron chi connectivity index (χ2n) is 4.74. The molecule has 2 aromatic carbocycles. The molecule has 3 rings (SSSR count). The van der Waals surface area contributed by atoms with Gasteiger partial charge in [0.25, 0.3) is 0 Å². The number of ether oxygens (including phenoxy) is 1. The lowest BCUT2D eigenvalue weighted by molar-refractivity contribution is 0.483. The van der Waals surface area contributed by atoms with Gasteiger partial charge in [-0.05, 0) is 25.1 Å². The van der Waals surface area contributed by atoms with Crippen LogP contribution in [0.3, 0.4) is 0 Å². The highest BCUT2D eigenvalue weighted by Gasteiger charge is 2.11. The van der Waals surface area contributed by atoms with Crippen molar-refractivity contribution in [3.63, 3.8) is 0 Å². The number of halogens is 2. The Balaban J connectivity index is 2.13. The number of para-hydroxylation sites is 2. The number of benzene rings is 2. The lowest BCUT2D eigenvalue weighted by Crippen LogP contribution is -1.93. The Kier molecular flexibility index (Phi) is 4.00. The van der Waals surface area contributed by atoms with E-state index in [4.69, 9.17) is 27.9 Å². The largest absolute Gasteiger partial charge is 0.453 e. The van der Waals surface area contributed by atoms with Gasteiger partial charge in [-0.2, -0.15) is 0 Å². The maximum absolute atomic E-state index is 6.24. The van der Waals surface area contributed by atoms with E-state index >= 15 is 0 Å². The molecule has 3 aromatic rings. The van der Waals surface area contributed by atoms with E-state index in [9.17, 15) is 0 Å². The number of aromatic nitrogens is 1. The summed E-state index contributed by atoms with van der Waals surface area (Å²) in [6.07, 6.45) is 0. The zero-order chi connectivity index (χ0) is 14.8. The second-order valence-corrected chi connectivity index (χ2v) is 5.42. The molecule has 0 fully saturated rings. The van der Waals surface area contributed by atoms with E-state index in [-0.39, 0.29) is 0 Å². The zero-order valence-electron chi connectivity index (χ0n) is 11.4. The summed E-state index contributed by atoms with van der Waals surface area (Å²) in [6, 6.07) is 15.4. The van der Waals surface area contributed by atoms with E-state index in [2.05, 4.69) is 4.98 Å². The van der Waals surface area contributed by atoms with Crippen LogP contribution in [0, 0.1) is 6.92 Å². The fourth-order valence-electron chi connectivity index (χ4n) is 2.18. The summed E-state index contributed by atoms with van der Waals surface area (Å²) in [5, 5.41) is 1.57. The number of aryl methyl sites for hydroxylation is 1. The maximum Gasteiger partial charge on any atom is 0.153 e. The van der Waals surface area contributed by atoms with E-state index in [1.165, 1.54) is 0 Å². The molecule has 0 aliphatic carbocycles. The maximum atomic E-state index is 6.24. The van der Waals surface area contributed by atoms with Crippen LogP contribution in [0.25, 0.3) is 10.9 Å². The van der Waals surface area contributed by atoms with Crippen LogP contribution in [0.2, 0.25) is 5.02 Å². The van der Waals surface area contributed by atoms with Crippen molar-refractivity contribution in [2.24, 2.45) is 0 Å². The molecule has 1 aromatic heterocycles. The summed E-state index contributed by atoms with van der Waals surface area (Å²) in [5.74, 6) is 1.60. The quantitative estimate of drug-likeness (QED) is 0.576. The summed E-state index contributed by atoms with van der Waals surface area (Å²) in [6.45, 7) is 1.95. The highest BCUT2D eigenvalue weighted by Crippen LogP contribution is 2.36. The van der Waals surface area contributed by atoms with E-state index < -0.39 is 0 Å². The highest BCUT2D eigenvalue weighted by atomic mass is 35.5. The van der Waals surface area contributed by atoms with Crippen molar-refractivity contribution in [1.29, 1.82) is 0 Å². The average Bonchev–Trinajstić information content (AvgIpc) is 2.49. The predicted octanol–water partition coefficient (Wildman–Crippen LogP) is 5.73. The Morgan fingerprint density at radius 1 is 1.05 bits per heavy atom. The van der Waals surface area contributed by atoms with Gasteiger partial charge in [0.2, 0.25) is 0 Å². The lowest BCUT2D eigenvalue weighted by Gasteiger charge is -2.13. The number of hydrogen-bond donors (Lipinski definition) is 0. The fourth-order valence-corrected chi connectivity index (χ4v) is 2.63. The molecular weight excluding hydrogens is 305 g/mol. The number of pyridine rings is 1. The Hall–Kier alpha value is -1.77. The SMILES string of the molecule is Cc1ccc2cccc(Oc3c(Cl)cccc3CCl)c2n1. The van der Waals surface area contributed by atoms with Gasteiger partial charge in [0, 0.05) is 16.6 Å². The van der Waals surface area contributed by atoms with Gasteiger partial charge in [0.05, 0.1) is 10.9 Å². The molecule has 21 heavy (non-hydrogen) atoms. The zero-order valence-corrected chi connectivity index (χ0v) is 12.9. The smallest absolute Gasteiger partial charge is 0.153 e. The fraction of sp³-hybridized carbons (Fsp3) is 0.118. The van der Waals surface area contributed by atoms with Gasteiger partial charge in [-0.15, -0.1) is 11.6 Å². The molecule has 4 heteroatoms. The third kappa shape index (κ3) is 2.82. The van der Waals surface area contributed by atoms with Gasteiger partial charge in [-0.3, -0.25) is 0 Å². The Labute approximate surface area is 133 Å². The summed E-state index contributed by atoms with van der Waals surface area (Å²) >= 11 is 12.2. The number of fused-ring (bicyclic) bond motifs is 1. The molecule has 0 unspecified atom stereocenters. The van der Waals surface area contributed by atoms with Crippen LogP contribution >= 0.6 is 23.2 Å². The van der Waals surface area contributed by atoms with Gasteiger partial charge >= 0.3 is 0 Å². The Morgan fingerprint density at radius 2 is 1.86 bits per heavy atom. The van der Waals surface area contributed by atoms with Crippen molar-refractivity contribution >= 4 is 34.1 Å². The molecule has 0 saturated carbocycles. The second kappa shape index (κ2) is 5.92. The molecule has 0 amide bonds. The number of alkyl halides is 1. The molecule has 1 heterocycles. The summed E-state index contributed by atoms with van der Waals surface area (Å²) in [7, 11) is 0. The predicted molar refractivity (Wildman–Crippen MR) is 87.6 cm³/mol. The van der Waals surface area contributed by atoms with Crippen LogP contribution in [0.1, 0.15) is 11.3 Å². The van der Waals surface area contributed by atoms with Gasteiger partial charge in [0.1, 0.15) is 5.52 Å². The van der Waals surface area contributed by atoms with Crippen LogP contribution in [-0.4, -0.2) is 4.98 Å². The summed E-state index contributed by atoms with van der Waals surface area (Å²) in [5.41, 5.74) is 2.61. The molecule has 0 bridgehead atoms. The van der Waals surface area contributed by atoms with Gasteiger partial charge < -0.3 is 4.74 Å². The van der Waals surface area contributed by atoms with Crippen molar-refractivity contribution in [3.05, 3.63) is 64.8 Å². The summed E-state index contributed by atoms with van der Waals surface area (Å²) in [4.78, 5) is 4.56. The van der Waals surface area contributed by atoms with Crippen LogP contribution in [-0.2, 0) is 5.88 Å². The van der Waals surface area contributed by atoms with E-state index in [0.717, 1.165) is 22.2 Å². The average molecular weight is 318 g/mol. The first-order valence-corrected chi connectivity index (χ1v) is 7.48. The molecule has 0 atom stereocenters. The van der Waals surface area contributed by atoms with Crippen molar-refractivity contribution in [3.8, 4) is 11.5 Å². The lowest BCUT2D eigenvalue weighted by atomic mass is 10.2. The molecular formula is C17H13Cl2NO. The molecule has 0 saturated heterocycles. The third-order valence-corrected chi connectivity index (χ3v) is 3.81. The minimum Gasteiger partial charge on any atom is -0.453 e. The first-order chi connectivity index (χ1) is 10.2. The van der Waals surface area contributed by atoms with Crippen LogP contribution in [0.5, 0.6) is 11.5 Å². The van der Waals surface area contributed by atoms with Crippen LogP contribution in [0.15, 0.2) is 48.5 Å². The summed E-state index contributed by atoms with van der Waals surface area (Å²) < 4.78 is 6.02. The van der Waals surface area contributed by atoms with Crippen molar-refractivity contribution in [2.45, 2.75) is 12.8 Å². The number of rotatable bonds is 3. The number of nitrogens with zero attached hydrogens (tertiary/aromatic N) is 1. The van der Waals surface area contributed by atoms with Gasteiger partial charge in [-0.1, -0.05) is 41.9 Å². The van der Waals surface area contributed by atoms with Crippen molar-refractivity contribution in [1.82, 2.24) is 4.98 Å². The molecule has 0 aliphatic heterocycles. The molecule has 106 valence electrons. The molecule has 0 aliphatic rings. The monoisotopic (exact) mass is 317 g/mol. The van der Waals surface area contributed by atoms with Crippen molar-refractivity contribution in [2.75, 3.05) is 0 Å². The molecule has 0 spiro atoms. The topological polar surface area (TPSA) is 22.1 Å². The van der Waals surface area contributed by atoms with E-state index in [1.54, 1.807) is 6.07 Å². The first-order valence-electron chi connectivity index (χ1n) is 6.56. The van der Waals surface area contributed by atoms with Crippen LogP contribution in [0.4, 0.5) is 0 Å². The van der Waals surface area contributed by atoms with Gasteiger partial charge in [0.15, 0.2) is 11.5 Å². The Bertz CT molecular complexity index is 802. The minimum atomic E-state index is 0.340. The molecule has 0 N–H and O–H groups in total. The normalized spacial score (nSPS) is 10.8.